The van der Waals surface area contributed by atoms with Crippen LogP contribution < -0.4 is 9.64 Å². The van der Waals surface area contributed by atoms with Crippen LogP contribution in [0, 0.1) is 13.8 Å². The highest BCUT2D eigenvalue weighted by Gasteiger charge is 2.27. The molecule has 0 unspecified atom stereocenters. The molecule has 0 bridgehead atoms. The molecule has 0 aliphatic heterocycles. The third kappa shape index (κ3) is 5.34. The maximum atomic E-state index is 13.6. The number of aromatic nitrogens is 2. The summed E-state index contributed by atoms with van der Waals surface area (Å²) in [6, 6.07) is 13.0. The SMILES string of the molecule is COC(=O)c1ccccc1-c1cc(N(Cc2ncc(C)c(OC)c2C)C(=O)OC(C)(C)C)cc2[nH]ccc12. The van der Waals surface area contributed by atoms with Gasteiger partial charge in [-0.1, -0.05) is 18.2 Å². The van der Waals surface area contributed by atoms with E-state index in [-0.39, 0.29) is 6.54 Å². The number of anilines is 1. The fourth-order valence-electron chi connectivity index (χ4n) is 4.49. The van der Waals surface area contributed by atoms with Crippen LogP contribution in [-0.4, -0.2) is 41.9 Å². The number of carbonyl (C=O) groups is 2. The maximum Gasteiger partial charge on any atom is 0.415 e. The van der Waals surface area contributed by atoms with Gasteiger partial charge in [-0.15, -0.1) is 0 Å². The van der Waals surface area contributed by atoms with Gasteiger partial charge in [0.25, 0.3) is 0 Å². The van der Waals surface area contributed by atoms with Crippen LogP contribution in [0.5, 0.6) is 5.75 Å². The van der Waals surface area contributed by atoms with Crippen LogP contribution in [0.25, 0.3) is 22.0 Å². The van der Waals surface area contributed by atoms with Crippen LogP contribution in [0.15, 0.2) is 54.9 Å². The molecule has 0 aliphatic carbocycles. The van der Waals surface area contributed by atoms with E-state index >= 15 is 0 Å². The third-order valence-electron chi connectivity index (χ3n) is 6.26. The molecule has 0 spiro atoms. The van der Waals surface area contributed by atoms with E-state index in [1.807, 2.05) is 71.1 Å². The molecule has 2 aromatic carbocycles. The van der Waals surface area contributed by atoms with Crippen molar-refractivity contribution in [3.05, 3.63) is 77.2 Å². The monoisotopic (exact) mass is 515 g/mol. The molecular weight excluding hydrogens is 482 g/mol. The number of ether oxygens (including phenoxy) is 3. The lowest BCUT2D eigenvalue weighted by Gasteiger charge is -2.28. The molecule has 0 aliphatic rings. The van der Waals surface area contributed by atoms with E-state index in [0.29, 0.717) is 22.5 Å². The van der Waals surface area contributed by atoms with Crippen LogP contribution in [0.3, 0.4) is 0 Å². The average molecular weight is 516 g/mol. The lowest BCUT2D eigenvalue weighted by atomic mass is 9.96. The Hall–Kier alpha value is -4.33. The van der Waals surface area contributed by atoms with Crippen molar-refractivity contribution < 1.29 is 23.8 Å². The van der Waals surface area contributed by atoms with Crippen LogP contribution >= 0.6 is 0 Å². The van der Waals surface area contributed by atoms with Gasteiger partial charge in [0.1, 0.15) is 11.4 Å². The van der Waals surface area contributed by atoms with Gasteiger partial charge < -0.3 is 19.2 Å². The number of aryl methyl sites for hydroxylation is 1. The zero-order valence-electron chi connectivity index (χ0n) is 22.8. The summed E-state index contributed by atoms with van der Waals surface area (Å²) in [6.07, 6.45) is 3.05. The van der Waals surface area contributed by atoms with E-state index in [1.54, 1.807) is 30.3 Å². The standard InChI is InChI=1S/C30H33N3O5/c1-18-16-32-26(19(2)27(18)36-6)17-33(29(35)38-30(3,4)5)20-14-24(22-12-13-31-25(22)15-20)21-10-8-9-11-23(21)28(34)37-7/h8-16,31H,17H2,1-7H3. The normalized spacial score (nSPS) is 11.3. The molecule has 198 valence electrons. The average Bonchev–Trinajstić information content (AvgIpc) is 3.35. The summed E-state index contributed by atoms with van der Waals surface area (Å²) in [6.45, 7) is 9.49. The highest BCUT2D eigenvalue weighted by molar-refractivity contribution is 6.06. The fraction of sp³-hybridized carbons (Fsp3) is 0.300. The van der Waals surface area contributed by atoms with Gasteiger partial charge in [0.2, 0.25) is 0 Å². The second kappa shape index (κ2) is 10.6. The Morgan fingerprint density at radius 2 is 1.76 bits per heavy atom. The lowest BCUT2D eigenvalue weighted by Crippen LogP contribution is -2.37. The Bertz CT molecular complexity index is 1500. The van der Waals surface area contributed by atoms with E-state index < -0.39 is 17.7 Å². The predicted molar refractivity (Wildman–Crippen MR) is 148 cm³/mol. The van der Waals surface area contributed by atoms with Gasteiger partial charge in [0.05, 0.1) is 37.7 Å². The molecule has 8 heteroatoms. The summed E-state index contributed by atoms with van der Waals surface area (Å²) >= 11 is 0. The first-order valence-electron chi connectivity index (χ1n) is 12.3. The second-order valence-corrected chi connectivity index (χ2v) is 10.1. The first kappa shape index (κ1) is 26.7. The first-order valence-corrected chi connectivity index (χ1v) is 12.3. The number of hydrogen-bond acceptors (Lipinski definition) is 6. The molecule has 38 heavy (non-hydrogen) atoms. The number of nitrogens with zero attached hydrogens (tertiary/aromatic N) is 2. The molecule has 2 heterocycles. The number of benzene rings is 2. The number of fused-ring (bicyclic) bond motifs is 1. The molecule has 1 amide bonds. The van der Waals surface area contributed by atoms with Crippen LogP contribution in [0.4, 0.5) is 10.5 Å². The van der Waals surface area contributed by atoms with Crippen molar-refractivity contribution in [2.24, 2.45) is 0 Å². The quantitative estimate of drug-likeness (QED) is 0.291. The van der Waals surface area contributed by atoms with Gasteiger partial charge in [0.15, 0.2) is 0 Å². The summed E-state index contributed by atoms with van der Waals surface area (Å²) in [5.41, 5.74) is 5.02. The Morgan fingerprint density at radius 3 is 2.45 bits per heavy atom. The third-order valence-corrected chi connectivity index (χ3v) is 6.26. The fourth-order valence-corrected chi connectivity index (χ4v) is 4.49. The number of pyridine rings is 1. The highest BCUT2D eigenvalue weighted by Crippen LogP contribution is 2.36. The van der Waals surface area contributed by atoms with Crippen molar-refractivity contribution in [2.45, 2.75) is 46.8 Å². The number of aromatic amines is 1. The van der Waals surface area contributed by atoms with Gasteiger partial charge in [-0.3, -0.25) is 9.88 Å². The van der Waals surface area contributed by atoms with E-state index in [1.165, 1.54) is 7.11 Å². The number of amides is 1. The number of rotatable bonds is 6. The Kier molecular flexibility index (Phi) is 7.44. The van der Waals surface area contributed by atoms with Crippen molar-refractivity contribution in [2.75, 3.05) is 19.1 Å². The Labute approximate surface area is 222 Å². The molecule has 0 fully saturated rings. The van der Waals surface area contributed by atoms with Crippen LogP contribution in [0.2, 0.25) is 0 Å². The van der Waals surface area contributed by atoms with Crippen LogP contribution in [0.1, 0.15) is 48.0 Å². The number of carbonyl (C=O) groups excluding carboxylic acids is 2. The number of methoxy groups -OCH3 is 2. The summed E-state index contributed by atoms with van der Waals surface area (Å²) in [4.78, 5) is 35.6. The lowest BCUT2D eigenvalue weighted by molar-refractivity contribution is 0.0573. The van der Waals surface area contributed by atoms with Crippen molar-refractivity contribution in [1.29, 1.82) is 0 Å². The molecule has 0 saturated carbocycles. The van der Waals surface area contributed by atoms with E-state index in [2.05, 4.69) is 9.97 Å². The Balaban J connectivity index is 1.91. The smallest absolute Gasteiger partial charge is 0.415 e. The topological polar surface area (TPSA) is 93.8 Å². The zero-order valence-corrected chi connectivity index (χ0v) is 22.8. The molecule has 0 saturated heterocycles. The molecule has 1 N–H and O–H groups in total. The minimum Gasteiger partial charge on any atom is -0.496 e. The van der Waals surface area contributed by atoms with Crippen molar-refractivity contribution in [3.8, 4) is 16.9 Å². The van der Waals surface area contributed by atoms with E-state index in [4.69, 9.17) is 14.2 Å². The molecule has 4 rings (SSSR count). The number of nitrogens with one attached hydrogen (secondary N) is 1. The summed E-state index contributed by atoms with van der Waals surface area (Å²) < 4.78 is 16.4. The molecule has 0 atom stereocenters. The molecule has 8 nitrogen and oxygen atoms in total. The van der Waals surface area contributed by atoms with E-state index in [0.717, 1.165) is 33.3 Å². The van der Waals surface area contributed by atoms with Crippen molar-refractivity contribution in [1.82, 2.24) is 9.97 Å². The summed E-state index contributed by atoms with van der Waals surface area (Å²) in [7, 11) is 2.98. The summed E-state index contributed by atoms with van der Waals surface area (Å²) in [5, 5.41) is 0.903. The Morgan fingerprint density at radius 1 is 1.03 bits per heavy atom. The minimum atomic E-state index is -0.709. The van der Waals surface area contributed by atoms with Gasteiger partial charge in [-0.05, 0) is 70.0 Å². The van der Waals surface area contributed by atoms with Gasteiger partial charge in [-0.2, -0.15) is 0 Å². The molecular formula is C30H33N3O5. The van der Waals surface area contributed by atoms with Crippen molar-refractivity contribution >= 4 is 28.7 Å². The van der Waals surface area contributed by atoms with E-state index in [9.17, 15) is 9.59 Å². The van der Waals surface area contributed by atoms with Crippen LogP contribution in [-0.2, 0) is 16.0 Å². The summed E-state index contributed by atoms with van der Waals surface area (Å²) in [5.74, 6) is 0.289. The molecule has 2 aromatic heterocycles. The molecule has 0 radical (unpaired) electrons. The minimum absolute atomic E-state index is 0.154. The van der Waals surface area contributed by atoms with Gasteiger partial charge >= 0.3 is 12.1 Å². The first-order chi connectivity index (χ1) is 18.0. The number of hydrogen-bond donors (Lipinski definition) is 1. The number of esters is 1. The van der Waals surface area contributed by atoms with Crippen molar-refractivity contribution in [3.63, 3.8) is 0 Å². The largest absolute Gasteiger partial charge is 0.496 e. The van der Waals surface area contributed by atoms with Gasteiger partial charge in [-0.25, -0.2) is 9.59 Å². The second-order valence-electron chi connectivity index (χ2n) is 10.1. The predicted octanol–water partition coefficient (Wildman–Crippen LogP) is 6.58. The highest BCUT2D eigenvalue weighted by atomic mass is 16.6. The number of H-pyrrole nitrogens is 1. The zero-order chi connectivity index (χ0) is 27.6. The van der Waals surface area contributed by atoms with Gasteiger partial charge in [0, 0.05) is 34.4 Å². The maximum absolute atomic E-state index is 13.6. The molecule has 4 aromatic rings.